The summed E-state index contributed by atoms with van der Waals surface area (Å²) in [5.74, 6) is 0. The van der Waals surface area contributed by atoms with Crippen LogP contribution in [-0.4, -0.2) is 8.42 Å². The third-order valence-electron chi connectivity index (χ3n) is 4.18. The number of nitrogens with one attached hydrogen (secondary N) is 1. The molecule has 3 aromatic rings. The van der Waals surface area contributed by atoms with Crippen LogP contribution < -0.4 is 4.72 Å². The van der Waals surface area contributed by atoms with Gasteiger partial charge >= 0.3 is 0 Å². The van der Waals surface area contributed by atoms with Gasteiger partial charge in [0.15, 0.2) is 0 Å². The number of hydrogen-bond donors (Lipinski definition) is 1. The quantitative estimate of drug-likeness (QED) is 0.550. The minimum atomic E-state index is -3.66. The third kappa shape index (κ3) is 4.41. The average molecular weight is 430 g/mol. The van der Waals surface area contributed by atoms with Gasteiger partial charge in [-0.1, -0.05) is 94.3 Å². The van der Waals surface area contributed by atoms with E-state index in [4.69, 9.17) is 0 Å². The van der Waals surface area contributed by atoms with Gasteiger partial charge in [0.1, 0.15) is 0 Å². The summed E-state index contributed by atoms with van der Waals surface area (Å²) in [6.45, 7) is 1.93. The molecule has 5 heteroatoms. The Balaban J connectivity index is 1.97. The predicted molar refractivity (Wildman–Crippen MR) is 109 cm³/mol. The lowest BCUT2D eigenvalue weighted by molar-refractivity contribution is 0.553. The van der Waals surface area contributed by atoms with E-state index in [1.54, 1.807) is 24.3 Å². The molecule has 0 heterocycles. The fraction of sp³-hybridized carbons (Fsp3) is 0.143. The average Bonchev–Trinajstić information content (AvgIpc) is 2.67. The van der Waals surface area contributed by atoms with Gasteiger partial charge < -0.3 is 0 Å². The van der Waals surface area contributed by atoms with E-state index in [0.29, 0.717) is 0 Å². The molecule has 3 nitrogen and oxygen atoms in total. The standard InChI is InChI=1S/C21H20BrNO2S/c1-16-12-14-19(15-13-16)26(24,25)23-21(18-10-6-3-7-11-18)20(22)17-8-4-2-5-9-17/h2-15,20-21,23H,1H3/t20-,21+/m1/s1. The summed E-state index contributed by atoms with van der Waals surface area (Å²) in [6.07, 6.45) is 0. The number of hydrogen-bond acceptors (Lipinski definition) is 2. The second-order valence-corrected chi connectivity index (χ2v) is 8.84. The fourth-order valence-electron chi connectivity index (χ4n) is 2.74. The molecule has 0 fully saturated rings. The van der Waals surface area contributed by atoms with Gasteiger partial charge in [-0.15, -0.1) is 0 Å². The molecule has 0 aliphatic heterocycles. The smallest absolute Gasteiger partial charge is 0.207 e. The van der Waals surface area contributed by atoms with E-state index >= 15 is 0 Å². The summed E-state index contributed by atoms with van der Waals surface area (Å²) < 4.78 is 28.7. The number of sulfonamides is 1. The molecule has 0 aromatic heterocycles. The Labute approximate surface area is 163 Å². The van der Waals surface area contributed by atoms with Gasteiger partial charge in [0, 0.05) is 0 Å². The normalized spacial score (nSPS) is 13.9. The molecule has 0 spiro atoms. The van der Waals surface area contributed by atoms with Gasteiger partial charge in [0.25, 0.3) is 0 Å². The molecular weight excluding hydrogens is 410 g/mol. The maximum Gasteiger partial charge on any atom is 0.241 e. The molecule has 0 aliphatic carbocycles. The molecule has 0 saturated heterocycles. The zero-order chi connectivity index (χ0) is 18.6. The molecule has 1 N–H and O–H groups in total. The van der Waals surface area contributed by atoms with Crippen LogP contribution in [0.5, 0.6) is 0 Å². The first-order valence-electron chi connectivity index (χ1n) is 8.30. The topological polar surface area (TPSA) is 46.2 Å². The molecule has 0 unspecified atom stereocenters. The zero-order valence-electron chi connectivity index (χ0n) is 14.3. The van der Waals surface area contributed by atoms with Crippen molar-refractivity contribution in [2.45, 2.75) is 22.7 Å². The fourth-order valence-corrected chi connectivity index (χ4v) is 4.89. The highest BCUT2D eigenvalue weighted by Gasteiger charge is 2.28. The summed E-state index contributed by atoms with van der Waals surface area (Å²) in [7, 11) is -3.66. The number of alkyl halides is 1. The lowest BCUT2D eigenvalue weighted by Crippen LogP contribution is -2.31. The number of halogens is 1. The minimum Gasteiger partial charge on any atom is -0.207 e. The van der Waals surface area contributed by atoms with Crippen molar-refractivity contribution in [3.63, 3.8) is 0 Å². The highest BCUT2D eigenvalue weighted by atomic mass is 79.9. The molecule has 3 rings (SSSR count). The molecule has 0 radical (unpaired) electrons. The SMILES string of the molecule is Cc1ccc(S(=O)(=O)N[C@@H](c2ccccc2)[C@H](Br)c2ccccc2)cc1. The molecule has 0 amide bonds. The van der Waals surface area contributed by atoms with Crippen LogP contribution in [0.15, 0.2) is 89.8 Å². The maximum absolute atomic E-state index is 12.9. The molecule has 0 bridgehead atoms. The zero-order valence-corrected chi connectivity index (χ0v) is 16.7. The van der Waals surface area contributed by atoms with Crippen LogP contribution in [0.25, 0.3) is 0 Å². The lowest BCUT2D eigenvalue weighted by atomic mass is 10.00. The maximum atomic E-state index is 12.9. The van der Waals surface area contributed by atoms with Crippen molar-refractivity contribution in [3.8, 4) is 0 Å². The van der Waals surface area contributed by atoms with E-state index < -0.39 is 16.1 Å². The summed E-state index contributed by atoms with van der Waals surface area (Å²) in [4.78, 5) is 0.0584. The van der Waals surface area contributed by atoms with Crippen molar-refractivity contribution in [2.24, 2.45) is 0 Å². The van der Waals surface area contributed by atoms with E-state index in [1.807, 2.05) is 67.6 Å². The Hall–Kier alpha value is -1.95. The largest absolute Gasteiger partial charge is 0.241 e. The van der Waals surface area contributed by atoms with Crippen molar-refractivity contribution in [3.05, 3.63) is 102 Å². The number of rotatable bonds is 6. The Morgan fingerprint density at radius 3 is 1.81 bits per heavy atom. The van der Waals surface area contributed by atoms with E-state index in [9.17, 15) is 8.42 Å². The number of benzene rings is 3. The van der Waals surface area contributed by atoms with Crippen LogP contribution in [0.4, 0.5) is 0 Å². The predicted octanol–water partition coefficient (Wildman–Crippen LogP) is 5.15. The van der Waals surface area contributed by atoms with Crippen molar-refractivity contribution in [1.82, 2.24) is 4.72 Å². The molecule has 0 saturated carbocycles. The van der Waals surface area contributed by atoms with Crippen LogP contribution in [-0.2, 0) is 10.0 Å². The van der Waals surface area contributed by atoms with Crippen LogP contribution in [0.3, 0.4) is 0 Å². The van der Waals surface area contributed by atoms with Crippen molar-refractivity contribution < 1.29 is 8.42 Å². The van der Waals surface area contributed by atoms with Gasteiger partial charge in [0.05, 0.1) is 15.8 Å². The third-order valence-corrected chi connectivity index (χ3v) is 6.70. The monoisotopic (exact) mass is 429 g/mol. The summed E-state index contributed by atoms with van der Waals surface area (Å²) in [5, 5.41) is 0. The first-order chi connectivity index (χ1) is 12.5. The molecule has 2 atom stereocenters. The Morgan fingerprint density at radius 1 is 0.769 bits per heavy atom. The Morgan fingerprint density at radius 2 is 1.27 bits per heavy atom. The van der Waals surface area contributed by atoms with Gasteiger partial charge in [-0.05, 0) is 30.2 Å². The minimum absolute atomic E-state index is 0.202. The van der Waals surface area contributed by atoms with Gasteiger partial charge in [0.2, 0.25) is 10.0 Å². The van der Waals surface area contributed by atoms with E-state index in [1.165, 1.54) is 0 Å². The molecule has 134 valence electrons. The second kappa shape index (κ2) is 8.16. The van der Waals surface area contributed by atoms with Gasteiger partial charge in [-0.3, -0.25) is 0 Å². The van der Waals surface area contributed by atoms with Crippen molar-refractivity contribution in [2.75, 3.05) is 0 Å². The van der Waals surface area contributed by atoms with Crippen LogP contribution in [0.1, 0.15) is 27.6 Å². The highest BCUT2D eigenvalue weighted by molar-refractivity contribution is 9.09. The Kier molecular flexibility index (Phi) is 5.91. The highest BCUT2D eigenvalue weighted by Crippen LogP contribution is 2.37. The summed E-state index contributed by atoms with van der Waals surface area (Å²) in [5.41, 5.74) is 2.92. The van der Waals surface area contributed by atoms with Gasteiger partial charge in [-0.25, -0.2) is 13.1 Å². The molecule has 26 heavy (non-hydrogen) atoms. The molecule has 3 aromatic carbocycles. The molecule has 0 aliphatic rings. The summed E-state index contributed by atoms with van der Waals surface area (Å²) in [6, 6.07) is 25.8. The summed E-state index contributed by atoms with van der Waals surface area (Å²) >= 11 is 3.70. The Bertz CT molecular complexity index is 942. The van der Waals surface area contributed by atoms with Crippen LogP contribution in [0, 0.1) is 6.92 Å². The second-order valence-electron chi connectivity index (χ2n) is 6.14. The molecular formula is C21H20BrNO2S. The van der Waals surface area contributed by atoms with Crippen molar-refractivity contribution >= 4 is 26.0 Å². The van der Waals surface area contributed by atoms with Gasteiger partial charge in [-0.2, -0.15) is 0 Å². The van der Waals surface area contributed by atoms with E-state index in [0.717, 1.165) is 16.7 Å². The first-order valence-corrected chi connectivity index (χ1v) is 10.7. The van der Waals surface area contributed by atoms with Crippen LogP contribution >= 0.6 is 15.9 Å². The van der Waals surface area contributed by atoms with E-state index in [-0.39, 0.29) is 9.72 Å². The van der Waals surface area contributed by atoms with Crippen LogP contribution in [0.2, 0.25) is 0 Å². The first kappa shape index (κ1) is 18.8. The van der Waals surface area contributed by atoms with E-state index in [2.05, 4.69) is 20.7 Å². The lowest BCUT2D eigenvalue weighted by Gasteiger charge is -2.25. The van der Waals surface area contributed by atoms with Crippen molar-refractivity contribution in [1.29, 1.82) is 0 Å². The number of aryl methyl sites for hydroxylation is 1.